The number of hydrogen-bond acceptors (Lipinski definition) is 3. The quantitative estimate of drug-likeness (QED) is 0.907. The van der Waals surface area contributed by atoms with Crippen molar-refractivity contribution in [3.8, 4) is 0 Å². The normalized spacial score (nSPS) is 23.4. The van der Waals surface area contributed by atoms with Crippen LogP contribution >= 0.6 is 0 Å². The minimum atomic E-state index is -3.35. The summed E-state index contributed by atoms with van der Waals surface area (Å²) in [6.45, 7) is 4.59. The summed E-state index contributed by atoms with van der Waals surface area (Å²) >= 11 is 0. The van der Waals surface area contributed by atoms with E-state index in [1.54, 1.807) is 16.4 Å². The first-order valence-corrected chi connectivity index (χ1v) is 9.30. The lowest BCUT2D eigenvalue weighted by molar-refractivity contribution is 0.286. The SMILES string of the molecule is Cc1cccc(S(=O)(=O)N(CC2CCCNC2)C2CC2)c1. The van der Waals surface area contributed by atoms with Crippen molar-refractivity contribution in [2.24, 2.45) is 5.92 Å². The molecule has 1 unspecified atom stereocenters. The minimum Gasteiger partial charge on any atom is -0.316 e. The Kier molecular flexibility index (Phi) is 4.33. The Labute approximate surface area is 127 Å². The van der Waals surface area contributed by atoms with Crippen LogP contribution in [0.25, 0.3) is 0 Å². The van der Waals surface area contributed by atoms with Gasteiger partial charge in [0.2, 0.25) is 10.0 Å². The van der Waals surface area contributed by atoms with Crippen molar-refractivity contribution in [1.29, 1.82) is 0 Å². The van der Waals surface area contributed by atoms with Crippen LogP contribution < -0.4 is 5.32 Å². The topological polar surface area (TPSA) is 49.4 Å². The Morgan fingerprint density at radius 3 is 2.71 bits per heavy atom. The number of hydrogen-bond donors (Lipinski definition) is 1. The third kappa shape index (κ3) is 3.47. The van der Waals surface area contributed by atoms with E-state index in [9.17, 15) is 8.42 Å². The first kappa shape index (κ1) is 15.0. The molecule has 1 saturated heterocycles. The zero-order valence-corrected chi connectivity index (χ0v) is 13.4. The summed E-state index contributed by atoms with van der Waals surface area (Å²) in [6.07, 6.45) is 4.28. The van der Waals surface area contributed by atoms with Crippen LogP contribution in [0.1, 0.15) is 31.2 Å². The molecule has 0 spiro atoms. The molecule has 1 heterocycles. The highest BCUT2D eigenvalue weighted by Gasteiger charge is 2.39. The van der Waals surface area contributed by atoms with Crippen molar-refractivity contribution in [2.45, 2.75) is 43.5 Å². The third-order valence-electron chi connectivity index (χ3n) is 4.39. The average molecular weight is 308 g/mol. The highest BCUT2D eigenvalue weighted by molar-refractivity contribution is 7.89. The van der Waals surface area contributed by atoms with Crippen LogP contribution in [0.3, 0.4) is 0 Å². The number of piperidine rings is 1. The summed E-state index contributed by atoms with van der Waals surface area (Å²) in [5.74, 6) is 0.443. The lowest BCUT2D eigenvalue weighted by atomic mass is 10.00. The number of rotatable bonds is 5. The van der Waals surface area contributed by atoms with E-state index >= 15 is 0 Å². The summed E-state index contributed by atoms with van der Waals surface area (Å²) in [5, 5.41) is 3.38. The fourth-order valence-corrected chi connectivity index (χ4v) is 4.92. The van der Waals surface area contributed by atoms with Gasteiger partial charge in [0.1, 0.15) is 0 Å². The Balaban J connectivity index is 1.82. The lowest BCUT2D eigenvalue weighted by Crippen LogP contribution is -2.42. The molecule has 21 heavy (non-hydrogen) atoms. The number of benzene rings is 1. The molecule has 0 radical (unpaired) electrons. The molecule has 1 aliphatic heterocycles. The van der Waals surface area contributed by atoms with Crippen LogP contribution in [0.15, 0.2) is 29.2 Å². The molecule has 1 aliphatic carbocycles. The van der Waals surface area contributed by atoms with Crippen LogP contribution in [0, 0.1) is 12.8 Å². The van der Waals surface area contributed by atoms with E-state index in [0.29, 0.717) is 17.4 Å². The number of aryl methyl sites for hydroxylation is 1. The van der Waals surface area contributed by atoms with Crippen molar-refractivity contribution < 1.29 is 8.42 Å². The molecular formula is C16H24N2O2S. The van der Waals surface area contributed by atoms with Gasteiger partial charge in [0.05, 0.1) is 4.90 Å². The highest BCUT2D eigenvalue weighted by atomic mass is 32.2. The molecule has 1 aromatic carbocycles. The summed E-state index contributed by atoms with van der Waals surface area (Å²) in [5.41, 5.74) is 0.992. The summed E-state index contributed by atoms with van der Waals surface area (Å²) in [4.78, 5) is 0.443. The number of sulfonamides is 1. The molecule has 116 valence electrons. The van der Waals surface area contributed by atoms with Gasteiger partial charge in [-0.1, -0.05) is 12.1 Å². The maximum Gasteiger partial charge on any atom is 0.243 e. The maximum absolute atomic E-state index is 12.9. The zero-order valence-electron chi connectivity index (χ0n) is 12.6. The van der Waals surface area contributed by atoms with E-state index in [1.807, 2.05) is 19.1 Å². The third-order valence-corrected chi connectivity index (χ3v) is 6.30. The molecular weight excluding hydrogens is 284 g/mol. The second kappa shape index (κ2) is 6.07. The first-order valence-electron chi connectivity index (χ1n) is 7.86. The first-order chi connectivity index (χ1) is 10.1. The van der Waals surface area contributed by atoms with Crippen molar-refractivity contribution in [3.63, 3.8) is 0 Å². The highest BCUT2D eigenvalue weighted by Crippen LogP contribution is 2.33. The maximum atomic E-state index is 12.9. The monoisotopic (exact) mass is 308 g/mol. The average Bonchev–Trinajstić information content (AvgIpc) is 3.30. The second-order valence-electron chi connectivity index (χ2n) is 6.33. The summed E-state index contributed by atoms with van der Waals surface area (Å²) < 4.78 is 27.7. The van der Waals surface area contributed by atoms with E-state index in [0.717, 1.165) is 44.3 Å². The molecule has 0 aromatic heterocycles. The summed E-state index contributed by atoms with van der Waals surface area (Å²) in [6, 6.07) is 7.49. The second-order valence-corrected chi connectivity index (χ2v) is 8.23. The van der Waals surface area contributed by atoms with Crippen LogP contribution in [0.5, 0.6) is 0 Å². The van der Waals surface area contributed by atoms with Gasteiger partial charge >= 0.3 is 0 Å². The number of nitrogens with zero attached hydrogens (tertiary/aromatic N) is 1. The molecule has 0 bridgehead atoms. The van der Waals surface area contributed by atoms with Gasteiger partial charge in [-0.05, 0) is 69.3 Å². The van der Waals surface area contributed by atoms with Crippen molar-refractivity contribution in [2.75, 3.05) is 19.6 Å². The van der Waals surface area contributed by atoms with Gasteiger partial charge in [-0.3, -0.25) is 0 Å². The Morgan fingerprint density at radius 2 is 2.10 bits per heavy atom. The van der Waals surface area contributed by atoms with E-state index < -0.39 is 10.0 Å². The van der Waals surface area contributed by atoms with E-state index in [-0.39, 0.29) is 6.04 Å². The van der Waals surface area contributed by atoms with Crippen molar-refractivity contribution in [3.05, 3.63) is 29.8 Å². The summed E-state index contributed by atoms with van der Waals surface area (Å²) in [7, 11) is -3.35. The molecule has 0 amide bonds. The predicted molar refractivity (Wildman–Crippen MR) is 83.7 cm³/mol. The van der Waals surface area contributed by atoms with Crippen LogP contribution in [-0.2, 0) is 10.0 Å². The Hall–Kier alpha value is -0.910. The smallest absolute Gasteiger partial charge is 0.243 e. The Bertz CT molecular complexity index is 590. The van der Waals surface area contributed by atoms with E-state index in [1.165, 1.54) is 0 Å². The van der Waals surface area contributed by atoms with Crippen molar-refractivity contribution in [1.82, 2.24) is 9.62 Å². The van der Waals surface area contributed by atoms with Gasteiger partial charge in [0.25, 0.3) is 0 Å². The van der Waals surface area contributed by atoms with Gasteiger partial charge in [-0.15, -0.1) is 0 Å². The van der Waals surface area contributed by atoms with Crippen LogP contribution in [-0.4, -0.2) is 38.4 Å². The molecule has 1 N–H and O–H groups in total. The van der Waals surface area contributed by atoms with Gasteiger partial charge in [0, 0.05) is 12.6 Å². The molecule has 3 rings (SSSR count). The predicted octanol–water partition coefficient (Wildman–Crippen LogP) is 2.15. The molecule has 1 aromatic rings. The van der Waals surface area contributed by atoms with Crippen LogP contribution in [0.2, 0.25) is 0 Å². The van der Waals surface area contributed by atoms with E-state index in [2.05, 4.69) is 5.32 Å². The lowest BCUT2D eigenvalue weighted by Gasteiger charge is -2.29. The molecule has 1 saturated carbocycles. The molecule has 1 atom stereocenters. The zero-order chi connectivity index (χ0) is 14.9. The van der Waals surface area contributed by atoms with Gasteiger partial charge < -0.3 is 5.32 Å². The van der Waals surface area contributed by atoms with Gasteiger partial charge in [-0.25, -0.2) is 8.42 Å². The van der Waals surface area contributed by atoms with Crippen molar-refractivity contribution >= 4 is 10.0 Å². The largest absolute Gasteiger partial charge is 0.316 e. The fourth-order valence-electron chi connectivity index (χ4n) is 3.05. The number of nitrogens with one attached hydrogen (secondary N) is 1. The molecule has 4 nitrogen and oxygen atoms in total. The van der Waals surface area contributed by atoms with Crippen LogP contribution in [0.4, 0.5) is 0 Å². The molecule has 2 fully saturated rings. The molecule has 2 aliphatic rings. The minimum absolute atomic E-state index is 0.220. The molecule has 5 heteroatoms. The fraction of sp³-hybridized carbons (Fsp3) is 0.625. The standard InChI is InChI=1S/C16H24N2O2S/c1-13-4-2-6-16(10-13)21(19,20)18(15-7-8-15)12-14-5-3-9-17-11-14/h2,4,6,10,14-15,17H,3,5,7-9,11-12H2,1H3. The van der Waals surface area contributed by atoms with Gasteiger partial charge in [-0.2, -0.15) is 4.31 Å². The van der Waals surface area contributed by atoms with Gasteiger partial charge in [0.15, 0.2) is 0 Å². The van der Waals surface area contributed by atoms with E-state index in [4.69, 9.17) is 0 Å². The Morgan fingerprint density at radius 1 is 1.29 bits per heavy atom.